The largest absolute Gasteiger partial charge is 0.486 e. The summed E-state index contributed by atoms with van der Waals surface area (Å²) in [4.78, 5) is 4.65. The van der Waals surface area contributed by atoms with Crippen molar-refractivity contribution in [2.75, 3.05) is 0 Å². The Kier molecular flexibility index (Phi) is 6.18. The third-order valence-electron chi connectivity index (χ3n) is 4.27. The molecular formula is C21H19ClN4OS2. The Hall–Kier alpha value is -2.35. The molecular weight excluding hydrogens is 424 g/mol. The van der Waals surface area contributed by atoms with Crippen molar-refractivity contribution in [2.45, 2.75) is 24.4 Å². The number of nitrogens with zero attached hydrogens (tertiary/aromatic N) is 4. The second kappa shape index (κ2) is 8.98. The van der Waals surface area contributed by atoms with E-state index >= 15 is 0 Å². The van der Waals surface area contributed by atoms with E-state index in [2.05, 4.69) is 51.8 Å². The predicted octanol–water partition coefficient (Wildman–Crippen LogP) is 5.77. The van der Waals surface area contributed by atoms with Gasteiger partial charge < -0.3 is 9.30 Å². The summed E-state index contributed by atoms with van der Waals surface area (Å²) in [5, 5.41) is 13.2. The molecule has 0 amide bonds. The Morgan fingerprint density at radius 3 is 2.59 bits per heavy atom. The number of halogens is 1. The summed E-state index contributed by atoms with van der Waals surface area (Å²) in [5.41, 5.74) is 3.30. The van der Waals surface area contributed by atoms with Crippen LogP contribution in [0.4, 0.5) is 0 Å². The number of ether oxygens (including phenoxy) is 1. The summed E-state index contributed by atoms with van der Waals surface area (Å²) in [5.74, 6) is 2.38. The first-order chi connectivity index (χ1) is 14.1. The maximum Gasteiger partial charge on any atom is 0.191 e. The van der Waals surface area contributed by atoms with E-state index in [-0.39, 0.29) is 0 Å². The molecule has 0 aliphatic heterocycles. The van der Waals surface area contributed by atoms with Crippen LogP contribution in [0.3, 0.4) is 0 Å². The van der Waals surface area contributed by atoms with E-state index in [1.54, 1.807) is 23.1 Å². The van der Waals surface area contributed by atoms with Crippen molar-refractivity contribution < 1.29 is 4.74 Å². The normalized spacial score (nSPS) is 11.0. The molecule has 8 heteroatoms. The van der Waals surface area contributed by atoms with Crippen LogP contribution in [0.25, 0.3) is 11.4 Å². The Labute approximate surface area is 182 Å². The molecule has 0 saturated heterocycles. The lowest BCUT2D eigenvalue weighted by Gasteiger charge is -2.04. The van der Waals surface area contributed by atoms with Crippen molar-refractivity contribution in [1.82, 2.24) is 19.7 Å². The van der Waals surface area contributed by atoms with Crippen LogP contribution < -0.4 is 4.74 Å². The van der Waals surface area contributed by atoms with Crippen molar-refractivity contribution in [2.24, 2.45) is 7.05 Å². The second-order valence-electron chi connectivity index (χ2n) is 6.50. The highest BCUT2D eigenvalue weighted by Gasteiger charge is 2.12. The molecule has 0 aliphatic rings. The van der Waals surface area contributed by atoms with Gasteiger partial charge in [0, 0.05) is 28.8 Å². The third kappa shape index (κ3) is 4.98. The number of thioether (sulfide) groups is 1. The van der Waals surface area contributed by atoms with Crippen LogP contribution in [0.2, 0.25) is 5.02 Å². The molecule has 2 aromatic carbocycles. The molecule has 2 heterocycles. The van der Waals surface area contributed by atoms with Crippen molar-refractivity contribution in [3.05, 3.63) is 75.2 Å². The van der Waals surface area contributed by atoms with Gasteiger partial charge in [-0.05, 0) is 31.2 Å². The molecule has 0 bridgehead atoms. The molecule has 148 valence electrons. The second-order valence-corrected chi connectivity index (χ2v) is 8.82. The Morgan fingerprint density at radius 1 is 1.07 bits per heavy atom. The lowest BCUT2D eigenvalue weighted by molar-refractivity contribution is 0.305. The minimum Gasteiger partial charge on any atom is -0.486 e. The summed E-state index contributed by atoms with van der Waals surface area (Å²) >= 11 is 9.11. The van der Waals surface area contributed by atoms with Gasteiger partial charge in [-0.1, -0.05) is 53.2 Å². The van der Waals surface area contributed by atoms with Gasteiger partial charge in [0.2, 0.25) is 0 Å². The van der Waals surface area contributed by atoms with Crippen molar-refractivity contribution in [1.29, 1.82) is 0 Å². The lowest BCUT2D eigenvalue weighted by Crippen LogP contribution is -1.96. The predicted molar refractivity (Wildman–Crippen MR) is 119 cm³/mol. The average molecular weight is 443 g/mol. The summed E-state index contributed by atoms with van der Waals surface area (Å²) < 4.78 is 7.78. The molecule has 2 aromatic heterocycles. The summed E-state index contributed by atoms with van der Waals surface area (Å²) in [6, 6.07) is 15.6. The first-order valence-corrected chi connectivity index (χ1v) is 11.2. The summed E-state index contributed by atoms with van der Waals surface area (Å²) in [6.07, 6.45) is 0. The van der Waals surface area contributed by atoms with E-state index in [4.69, 9.17) is 16.3 Å². The molecule has 5 nitrogen and oxygen atoms in total. The molecule has 4 rings (SSSR count). The molecule has 4 aromatic rings. The van der Waals surface area contributed by atoms with Crippen LogP contribution in [-0.4, -0.2) is 19.7 Å². The van der Waals surface area contributed by atoms with Crippen LogP contribution in [0.1, 0.15) is 16.3 Å². The van der Waals surface area contributed by atoms with Crippen LogP contribution in [-0.2, 0) is 19.4 Å². The minimum absolute atomic E-state index is 0.443. The van der Waals surface area contributed by atoms with E-state index in [0.717, 1.165) is 38.7 Å². The highest BCUT2D eigenvalue weighted by Crippen LogP contribution is 2.26. The Balaban J connectivity index is 1.35. The van der Waals surface area contributed by atoms with Crippen molar-refractivity contribution >= 4 is 34.7 Å². The number of aryl methyl sites for hydroxylation is 1. The van der Waals surface area contributed by atoms with Gasteiger partial charge in [0.25, 0.3) is 0 Å². The smallest absolute Gasteiger partial charge is 0.191 e. The van der Waals surface area contributed by atoms with E-state index < -0.39 is 0 Å². The molecule has 0 aliphatic carbocycles. The maximum atomic E-state index is 5.89. The molecule has 0 fully saturated rings. The van der Waals surface area contributed by atoms with Gasteiger partial charge in [0.1, 0.15) is 17.4 Å². The number of hydrogen-bond donors (Lipinski definition) is 0. The van der Waals surface area contributed by atoms with Crippen LogP contribution in [0.5, 0.6) is 5.75 Å². The Morgan fingerprint density at radius 2 is 1.83 bits per heavy atom. The van der Waals surface area contributed by atoms with E-state index in [1.165, 1.54) is 5.56 Å². The maximum absolute atomic E-state index is 5.89. The standard InChI is InChI=1S/C21H19ClN4OS2/c1-14-3-5-15(6-4-14)20-24-25-21(26(20)2)29-13-17-12-28-19(23-17)11-27-18-9-7-16(22)8-10-18/h3-10,12H,11,13H2,1-2H3. The zero-order valence-electron chi connectivity index (χ0n) is 16.0. The molecule has 0 atom stereocenters. The van der Waals surface area contributed by atoms with E-state index in [0.29, 0.717) is 11.6 Å². The van der Waals surface area contributed by atoms with Crippen molar-refractivity contribution in [3.63, 3.8) is 0 Å². The monoisotopic (exact) mass is 442 g/mol. The molecule has 0 N–H and O–H groups in total. The fourth-order valence-corrected chi connectivity index (χ4v) is 4.43. The number of benzene rings is 2. The third-order valence-corrected chi connectivity index (χ3v) is 6.45. The zero-order chi connectivity index (χ0) is 20.2. The molecule has 0 saturated carbocycles. The summed E-state index contributed by atoms with van der Waals surface area (Å²) in [6.45, 7) is 2.52. The van der Waals surface area contributed by atoms with Gasteiger partial charge in [-0.15, -0.1) is 21.5 Å². The van der Waals surface area contributed by atoms with E-state index in [1.807, 2.05) is 35.9 Å². The van der Waals surface area contributed by atoms with Gasteiger partial charge in [-0.2, -0.15) is 0 Å². The molecule has 0 radical (unpaired) electrons. The summed E-state index contributed by atoms with van der Waals surface area (Å²) in [7, 11) is 1.99. The van der Waals surface area contributed by atoms with Gasteiger partial charge in [-0.3, -0.25) is 0 Å². The fourth-order valence-electron chi connectivity index (χ4n) is 2.69. The lowest BCUT2D eigenvalue weighted by atomic mass is 10.1. The van der Waals surface area contributed by atoms with Crippen LogP contribution in [0, 0.1) is 6.92 Å². The van der Waals surface area contributed by atoms with Crippen LogP contribution >= 0.6 is 34.7 Å². The first-order valence-electron chi connectivity index (χ1n) is 8.99. The van der Waals surface area contributed by atoms with Gasteiger partial charge in [0.15, 0.2) is 11.0 Å². The number of hydrogen-bond acceptors (Lipinski definition) is 6. The SMILES string of the molecule is Cc1ccc(-c2nnc(SCc3csc(COc4ccc(Cl)cc4)n3)n2C)cc1. The zero-order valence-corrected chi connectivity index (χ0v) is 18.4. The van der Waals surface area contributed by atoms with Gasteiger partial charge in [0.05, 0.1) is 5.69 Å². The Bertz CT molecular complexity index is 1090. The first kappa shape index (κ1) is 19.9. The van der Waals surface area contributed by atoms with Crippen molar-refractivity contribution in [3.8, 4) is 17.1 Å². The highest BCUT2D eigenvalue weighted by atomic mass is 35.5. The molecule has 0 spiro atoms. The highest BCUT2D eigenvalue weighted by molar-refractivity contribution is 7.98. The average Bonchev–Trinajstić information content (AvgIpc) is 3.33. The molecule has 29 heavy (non-hydrogen) atoms. The van der Waals surface area contributed by atoms with Gasteiger partial charge in [-0.25, -0.2) is 4.98 Å². The molecule has 0 unspecified atom stereocenters. The fraction of sp³-hybridized carbons (Fsp3) is 0.190. The number of aromatic nitrogens is 4. The number of rotatable bonds is 7. The minimum atomic E-state index is 0.443. The number of thiazole rings is 1. The van der Waals surface area contributed by atoms with E-state index in [9.17, 15) is 0 Å². The topological polar surface area (TPSA) is 52.8 Å². The van der Waals surface area contributed by atoms with Crippen LogP contribution in [0.15, 0.2) is 59.1 Å². The quantitative estimate of drug-likeness (QED) is 0.340. The van der Waals surface area contributed by atoms with Gasteiger partial charge >= 0.3 is 0 Å².